The summed E-state index contributed by atoms with van der Waals surface area (Å²) in [5.74, 6) is 0.929. The van der Waals surface area contributed by atoms with Crippen molar-refractivity contribution in [1.29, 1.82) is 0 Å². The summed E-state index contributed by atoms with van der Waals surface area (Å²) in [5.41, 5.74) is 2.68. The van der Waals surface area contributed by atoms with Gasteiger partial charge in [0.25, 0.3) is 5.69 Å². The molecular formula is C16H20N2O3. The minimum Gasteiger partial charge on any atom is -0.469 e. The van der Waals surface area contributed by atoms with E-state index in [4.69, 9.17) is 4.42 Å². The van der Waals surface area contributed by atoms with Gasteiger partial charge in [-0.25, -0.2) is 0 Å². The lowest BCUT2D eigenvalue weighted by Crippen LogP contribution is -2.17. The van der Waals surface area contributed by atoms with Crippen LogP contribution in [0, 0.1) is 24.0 Å². The van der Waals surface area contributed by atoms with E-state index in [9.17, 15) is 10.1 Å². The molecule has 0 saturated heterocycles. The number of nitrogens with one attached hydrogen (secondary N) is 1. The van der Waals surface area contributed by atoms with Gasteiger partial charge in [-0.2, -0.15) is 0 Å². The first-order chi connectivity index (χ1) is 9.97. The van der Waals surface area contributed by atoms with Crippen molar-refractivity contribution in [1.82, 2.24) is 0 Å². The molecule has 2 aromatic rings. The Labute approximate surface area is 124 Å². The first-order valence-corrected chi connectivity index (χ1v) is 7.02. The highest BCUT2D eigenvalue weighted by atomic mass is 16.6. The summed E-state index contributed by atoms with van der Waals surface area (Å²) in [7, 11) is 0. The van der Waals surface area contributed by atoms with E-state index >= 15 is 0 Å². The minimum absolute atomic E-state index is 0.121. The molecule has 0 aliphatic heterocycles. The number of furan rings is 1. The summed E-state index contributed by atoms with van der Waals surface area (Å²) in [6.07, 6.45) is 3.30. The number of benzene rings is 1. The molecule has 0 radical (unpaired) electrons. The molecule has 1 atom stereocenters. The zero-order valence-corrected chi connectivity index (χ0v) is 12.6. The van der Waals surface area contributed by atoms with Crippen molar-refractivity contribution >= 4 is 11.4 Å². The van der Waals surface area contributed by atoms with Gasteiger partial charge in [0, 0.05) is 18.5 Å². The summed E-state index contributed by atoms with van der Waals surface area (Å²) >= 11 is 0. The molecule has 1 heterocycles. The van der Waals surface area contributed by atoms with Crippen LogP contribution in [-0.2, 0) is 6.42 Å². The van der Waals surface area contributed by atoms with Crippen LogP contribution in [0.4, 0.5) is 11.4 Å². The SMILES string of the molecule is Cc1cc(NC(C)CCc2ccco2)c([N+](=O)[O-])cc1C. The summed E-state index contributed by atoms with van der Waals surface area (Å²) in [6.45, 7) is 5.85. The smallest absolute Gasteiger partial charge is 0.292 e. The minimum atomic E-state index is -0.339. The van der Waals surface area contributed by atoms with E-state index in [-0.39, 0.29) is 16.7 Å². The summed E-state index contributed by atoms with van der Waals surface area (Å²) in [5, 5.41) is 14.4. The maximum Gasteiger partial charge on any atom is 0.292 e. The van der Waals surface area contributed by atoms with Crippen LogP contribution in [-0.4, -0.2) is 11.0 Å². The molecule has 1 aromatic carbocycles. The topological polar surface area (TPSA) is 68.3 Å². The van der Waals surface area contributed by atoms with E-state index in [0.29, 0.717) is 5.69 Å². The molecule has 5 heteroatoms. The van der Waals surface area contributed by atoms with Gasteiger partial charge in [0.1, 0.15) is 11.4 Å². The number of nitro groups is 1. The van der Waals surface area contributed by atoms with E-state index < -0.39 is 0 Å². The van der Waals surface area contributed by atoms with E-state index in [0.717, 1.165) is 29.7 Å². The molecule has 0 bridgehead atoms. The van der Waals surface area contributed by atoms with E-state index in [2.05, 4.69) is 5.32 Å². The molecule has 1 unspecified atom stereocenters. The zero-order chi connectivity index (χ0) is 15.4. The van der Waals surface area contributed by atoms with Crippen molar-refractivity contribution in [3.8, 4) is 0 Å². The molecule has 0 aliphatic rings. The first kappa shape index (κ1) is 15.1. The monoisotopic (exact) mass is 288 g/mol. The third-order valence-corrected chi connectivity index (χ3v) is 3.61. The molecule has 2 rings (SSSR count). The van der Waals surface area contributed by atoms with Gasteiger partial charge in [-0.15, -0.1) is 0 Å². The normalized spacial score (nSPS) is 12.1. The van der Waals surface area contributed by atoms with Gasteiger partial charge in [0.05, 0.1) is 11.2 Å². The van der Waals surface area contributed by atoms with Crippen LogP contribution < -0.4 is 5.32 Å². The average molecular weight is 288 g/mol. The van der Waals surface area contributed by atoms with Gasteiger partial charge in [-0.3, -0.25) is 10.1 Å². The van der Waals surface area contributed by atoms with Crippen molar-refractivity contribution in [3.05, 3.63) is 57.5 Å². The largest absolute Gasteiger partial charge is 0.469 e. The second kappa shape index (κ2) is 6.43. The highest BCUT2D eigenvalue weighted by Gasteiger charge is 2.17. The van der Waals surface area contributed by atoms with Gasteiger partial charge in [0.2, 0.25) is 0 Å². The average Bonchev–Trinajstić information content (AvgIpc) is 2.93. The van der Waals surface area contributed by atoms with E-state index in [1.807, 2.05) is 39.0 Å². The lowest BCUT2D eigenvalue weighted by molar-refractivity contribution is -0.384. The number of rotatable bonds is 6. The third kappa shape index (κ3) is 3.84. The Hall–Kier alpha value is -2.30. The van der Waals surface area contributed by atoms with Gasteiger partial charge in [-0.05, 0) is 56.5 Å². The second-order valence-corrected chi connectivity index (χ2v) is 5.37. The standard InChI is InChI=1S/C16H20N2O3/c1-11-9-15(16(18(19)20)10-12(11)2)17-13(3)6-7-14-5-4-8-21-14/h4-5,8-10,13,17H,6-7H2,1-3H3. The molecule has 112 valence electrons. The van der Waals surface area contributed by atoms with Crippen LogP contribution >= 0.6 is 0 Å². The fraction of sp³-hybridized carbons (Fsp3) is 0.375. The predicted molar refractivity (Wildman–Crippen MR) is 82.7 cm³/mol. The van der Waals surface area contributed by atoms with Crippen LogP contribution in [0.1, 0.15) is 30.2 Å². The molecule has 1 aromatic heterocycles. The number of hydrogen-bond acceptors (Lipinski definition) is 4. The molecule has 0 fully saturated rings. The van der Waals surface area contributed by atoms with Crippen LogP contribution in [0.25, 0.3) is 0 Å². The van der Waals surface area contributed by atoms with Crippen molar-refractivity contribution in [2.75, 3.05) is 5.32 Å². The Morgan fingerprint density at radius 3 is 2.67 bits per heavy atom. The molecule has 0 spiro atoms. The zero-order valence-electron chi connectivity index (χ0n) is 12.6. The summed E-state index contributed by atoms with van der Waals surface area (Å²) in [6, 6.07) is 7.39. The van der Waals surface area contributed by atoms with Crippen molar-refractivity contribution in [2.24, 2.45) is 0 Å². The van der Waals surface area contributed by atoms with Gasteiger partial charge < -0.3 is 9.73 Å². The van der Waals surface area contributed by atoms with Crippen molar-refractivity contribution in [3.63, 3.8) is 0 Å². The fourth-order valence-corrected chi connectivity index (χ4v) is 2.22. The third-order valence-electron chi connectivity index (χ3n) is 3.61. The summed E-state index contributed by atoms with van der Waals surface area (Å²) in [4.78, 5) is 10.8. The fourth-order valence-electron chi connectivity index (χ4n) is 2.22. The van der Waals surface area contributed by atoms with Crippen LogP contribution in [0.3, 0.4) is 0 Å². The lowest BCUT2D eigenvalue weighted by atomic mass is 10.1. The molecule has 1 N–H and O–H groups in total. The molecule has 5 nitrogen and oxygen atoms in total. The number of nitrogens with zero attached hydrogens (tertiary/aromatic N) is 1. The molecule has 0 aliphatic carbocycles. The predicted octanol–water partition coefficient (Wildman–Crippen LogP) is 4.24. The van der Waals surface area contributed by atoms with Gasteiger partial charge in [-0.1, -0.05) is 0 Å². The number of nitro benzene ring substituents is 1. The second-order valence-electron chi connectivity index (χ2n) is 5.37. The molecule has 21 heavy (non-hydrogen) atoms. The quantitative estimate of drug-likeness (QED) is 0.637. The van der Waals surface area contributed by atoms with Crippen molar-refractivity contribution in [2.45, 2.75) is 39.7 Å². The Bertz CT molecular complexity index is 621. The van der Waals surface area contributed by atoms with E-state index in [1.165, 1.54) is 0 Å². The van der Waals surface area contributed by atoms with Gasteiger partial charge >= 0.3 is 0 Å². The van der Waals surface area contributed by atoms with Crippen LogP contribution in [0.15, 0.2) is 34.9 Å². The Morgan fingerprint density at radius 2 is 2.05 bits per heavy atom. The molecule has 0 amide bonds. The Balaban J connectivity index is 2.07. The maximum atomic E-state index is 11.2. The number of aryl methyl sites for hydroxylation is 3. The van der Waals surface area contributed by atoms with E-state index in [1.54, 1.807) is 12.3 Å². The highest BCUT2D eigenvalue weighted by molar-refractivity contribution is 5.64. The first-order valence-electron chi connectivity index (χ1n) is 7.02. The Morgan fingerprint density at radius 1 is 1.33 bits per heavy atom. The van der Waals surface area contributed by atoms with Crippen LogP contribution in [0.5, 0.6) is 0 Å². The van der Waals surface area contributed by atoms with Crippen LogP contribution in [0.2, 0.25) is 0 Å². The molecular weight excluding hydrogens is 268 g/mol. The number of anilines is 1. The summed E-state index contributed by atoms with van der Waals surface area (Å²) < 4.78 is 5.29. The molecule has 0 saturated carbocycles. The van der Waals surface area contributed by atoms with Crippen molar-refractivity contribution < 1.29 is 9.34 Å². The van der Waals surface area contributed by atoms with Gasteiger partial charge in [0.15, 0.2) is 0 Å². The number of hydrogen-bond donors (Lipinski definition) is 1. The Kier molecular flexibility index (Phi) is 4.62. The maximum absolute atomic E-state index is 11.2. The lowest BCUT2D eigenvalue weighted by Gasteiger charge is -2.16. The highest BCUT2D eigenvalue weighted by Crippen LogP contribution is 2.28.